The fraction of sp³-hybridized carbons (Fsp3) is 0.0526. The summed E-state index contributed by atoms with van der Waals surface area (Å²) in [4.78, 5) is 8.76. The molecule has 7 nitrogen and oxygen atoms in total. The minimum absolute atomic E-state index is 0.121. The molecule has 0 saturated carbocycles. The molecule has 0 spiro atoms. The van der Waals surface area contributed by atoms with E-state index in [-0.39, 0.29) is 4.90 Å². The number of rotatable bonds is 5. The van der Waals surface area contributed by atoms with Crippen molar-refractivity contribution in [2.75, 3.05) is 12.4 Å². The van der Waals surface area contributed by atoms with Gasteiger partial charge in [0, 0.05) is 29.5 Å². The Morgan fingerprint density at radius 1 is 1.04 bits per heavy atom. The molecule has 2 heterocycles. The Balaban J connectivity index is 1.78. The zero-order valence-corrected chi connectivity index (χ0v) is 15.2. The van der Waals surface area contributed by atoms with E-state index in [9.17, 15) is 8.42 Å². The fourth-order valence-electron chi connectivity index (χ4n) is 2.67. The number of para-hydroxylation sites is 1. The number of aromatic nitrogens is 3. The minimum Gasteiger partial charge on any atom is -0.497 e. The lowest BCUT2D eigenvalue weighted by atomic mass is 10.3. The summed E-state index contributed by atoms with van der Waals surface area (Å²) in [5.74, 6) is 0.781. The van der Waals surface area contributed by atoms with Crippen LogP contribution in [0.1, 0.15) is 0 Å². The van der Waals surface area contributed by atoms with Crippen molar-refractivity contribution in [1.29, 1.82) is 0 Å². The highest BCUT2D eigenvalue weighted by Gasteiger charge is 2.20. The van der Waals surface area contributed by atoms with Crippen molar-refractivity contribution >= 4 is 32.7 Å². The zero-order valence-electron chi connectivity index (χ0n) is 14.4. The Morgan fingerprint density at radius 3 is 2.63 bits per heavy atom. The van der Waals surface area contributed by atoms with Crippen molar-refractivity contribution in [1.82, 2.24) is 13.9 Å². The maximum Gasteiger partial charge on any atom is 0.269 e. The summed E-state index contributed by atoms with van der Waals surface area (Å²) in [7, 11) is -2.33. The monoisotopic (exact) mass is 380 g/mol. The third-order valence-electron chi connectivity index (χ3n) is 4.02. The van der Waals surface area contributed by atoms with Gasteiger partial charge in [-0.2, -0.15) is 4.98 Å². The topological polar surface area (TPSA) is 86.1 Å². The highest BCUT2D eigenvalue weighted by molar-refractivity contribution is 7.90. The second-order valence-electron chi connectivity index (χ2n) is 5.76. The van der Waals surface area contributed by atoms with E-state index in [1.165, 1.54) is 25.4 Å². The minimum atomic E-state index is -3.83. The lowest BCUT2D eigenvalue weighted by Crippen LogP contribution is -2.13. The van der Waals surface area contributed by atoms with Crippen LogP contribution in [0.25, 0.3) is 11.0 Å². The number of hydrogen-bond donors (Lipinski definition) is 1. The van der Waals surface area contributed by atoms with Gasteiger partial charge in [0.1, 0.15) is 5.75 Å². The number of anilines is 2. The maximum atomic E-state index is 13.1. The predicted molar refractivity (Wildman–Crippen MR) is 103 cm³/mol. The SMILES string of the molecule is COc1cccc(S(=O)(=O)n2ccc3cnc(Nc4ccccc4)nc32)c1. The smallest absolute Gasteiger partial charge is 0.269 e. The third kappa shape index (κ3) is 3.22. The van der Waals surface area contributed by atoms with Gasteiger partial charge in [-0.25, -0.2) is 17.4 Å². The molecule has 8 heteroatoms. The first-order chi connectivity index (χ1) is 13.1. The number of ether oxygens (including phenoxy) is 1. The van der Waals surface area contributed by atoms with Crippen molar-refractivity contribution in [3.63, 3.8) is 0 Å². The summed E-state index contributed by atoms with van der Waals surface area (Å²) in [5.41, 5.74) is 1.11. The zero-order chi connectivity index (χ0) is 18.9. The van der Waals surface area contributed by atoms with E-state index in [1.54, 1.807) is 24.4 Å². The van der Waals surface area contributed by atoms with Crippen molar-refractivity contribution in [3.05, 3.63) is 73.1 Å². The molecule has 27 heavy (non-hydrogen) atoms. The lowest BCUT2D eigenvalue weighted by molar-refractivity contribution is 0.413. The first-order valence-electron chi connectivity index (χ1n) is 8.14. The molecule has 0 amide bonds. The van der Waals surface area contributed by atoms with E-state index >= 15 is 0 Å². The first-order valence-corrected chi connectivity index (χ1v) is 9.58. The molecule has 0 saturated heterocycles. The Morgan fingerprint density at radius 2 is 1.85 bits per heavy atom. The number of hydrogen-bond acceptors (Lipinski definition) is 6. The average Bonchev–Trinajstić information content (AvgIpc) is 3.13. The molecular formula is C19H16N4O3S. The summed E-state index contributed by atoms with van der Waals surface area (Å²) in [6, 6.07) is 17.4. The van der Waals surface area contributed by atoms with Crippen LogP contribution < -0.4 is 10.1 Å². The Kier molecular flexibility index (Phi) is 4.25. The van der Waals surface area contributed by atoms with Crippen molar-refractivity contribution in [2.24, 2.45) is 0 Å². The van der Waals surface area contributed by atoms with Gasteiger partial charge in [-0.05, 0) is 30.3 Å². The molecule has 0 unspecified atom stereocenters. The maximum absolute atomic E-state index is 13.1. The van der Waals surface area contributed by atoms with Crippen molar-refractivity contribution < 1.29 is 13.2 Å². The van der Waals surface area contributed by atoms with Crippen LogP contribution in [-0.2, 0) is 10.0 Å². The number of nitrogens with one attached hydrogen (secondary N) is 1. The molecule has 0 aliphatic carbocycles. The predicted octanol–water partition coefficient (Wildman–Crippen LogP) is 3.42. The van der Waals surface area contributed by atoms with Gasteiger partial charge in [0.05, 0.1) is 12.0 Å². The average molecular weight is 380 g/mol. The molecule has 2 aromatic heterocycles. The first kappa shape index (κ1) is 17.0. The molecule has 4 aromatic rings. The van der Waals surface area contributed by atoms with Crippen LogP contribution in [0.3, 0.4) is 0 Å². The number of benzene rings is 2. The number of nitrogens with zero attached hydrogens (tertiary/aromatic N) is 3. The highest BCUT2D eigenvalue weighted by atomic mass is 32.2. The van der Waals surface area contributed by atoms with E-state index in [0.29, 0.717) is 22.7 Å². The second-order valence-corrected chi connectivity index (χ2v) is 7.57. The molecule has 1 N–H and O–H groups in total. The van der Waals surface area contributed by atoms with Gasteiger partial charge in [-0.15, -0.1) is 0 Å². The molecule has 136 valence electrons. The summed E-state index contributed by atoms with van der Waals surface area (Å²) >= 11 is 0. The third-order valence-corrected chi connectivity index (χ3v) is 5.68. The summed E-state index contributed by atoms with van der Waals surface area (Å²) < 4.78 is 32.4. The molecule has 0 radical (unpaired) electrons. The fourth-order valence-corrected chi connectivity index (χ4v) is 4.01. The van der Waals surface area contributed by atoms with E-state index in [2.05, 4.69) is 15.3 Å². The quantitative estimate of drug-likeness (QED) is 0.571. The normalized spacial score (nSPS) is 11.4. The van der Waals surface area contributed by atoms with E-state index < -0.39 is 10.0 Å². The van der Waals surface area contributed by atoms with Gasteiger partial charge in [0.25, 0.3) is 10.0 Å². The van der Waals surface area contributed by atoms with Crippen LogP contribution in [0.2, 0.25) is 0 Å². The van der Waals surface area contributed by atoms with Gasteiger partial charge < -0.3 is 10.1 Å². The van der Waals surface area contributed by atoms with Crippen LogP contribution in [-0.4, -0.2) is 29.5 Å². The molecular weight excluding hydrogens is 364 g/mol. The molecule has 0 atom stereocenters. The summed E-state index contributed by atoms with van der Waals surface area (Å²) in [6.07, 6.45) is 3.06. The molecule has 2 aromatic carbocycles. The van der Waals surface area contributed by atoms with Crippen molar-refractivity contribution in [2.45, 2.75) is 4.90 Å². The van der Waals surface area contributed by atoms with Crippen LogP contribution in [0, 0.1) is 0 Å². The van der Waals surface area contributed by atoms with Gasteiger partial charge >= 0.3 is 0 Å². The number of fused-ring (bicyclic) bond motifs is 1. The summed E-state index contributed by atoms with van der Waals surface area (Å²) in [5, 5.41) is 3.70. The van der Waals surface area contributed by atoms with Crippen LogP contribution in [0.4, 0.5) is 11.6 Å². The van der Waals surface area contributed by atoms with Gasteiger partial charge in [-0.1, -0.05) is 24.3 Å². The lowest BCUT2D eigenvalue weighted by Gasteiger charge is -2.09. The molecule has 0 aliphatic rings. The molecule has 0 fully saturated rings. The number of methoxy groups -OCH3 is 1. The largest absolute Gasteiger partial charge is 0.497 e. The van der Waals surface area contributed by atoms with E-state index in [0.717, 1.165) is 9.66 Å². The van der Waals surface area contributed by atoms with Gasteiger partial charge in [0.15, 0.2) is 5.65 Å². The summed E-state index contributed by atoms with van der Waals surface area (Å²) in [6.45, 7) is 0. The Hall–Kier alpha value is -3.39. The van der Waals surface area contributed by atoms with Gasteiger partial charge in [-0.3, -0.25) is 0 Å². The molecule has 4 rings (SSSR count). The Labute approximate surface area is 156 Å². The second kappa shape index (κ2) is 6.73. The van der Waals surface area contributed by atoms with Crippen molar-refractivity contribution in [3.8, 4) is 5.75 Å². The standard InChI is InChI=1S/C19H16N4O3S/c1-26-16-8-5-9-17(12-16)27(24,25)23-11-10-14-13-20-19(22-18(14)23)21-15-6-3-2-4-7-15/h2-13H,1H3,(H,20,21,22). The van der Waals surface area contributed by atoms with Gasteiger partial charge in [0.2, 0.25) is 5.95 Å². The molecule has 0 aliphatic heterocycles. The molecule has 0 bridgehead atoms. The van der Waals surface area contributed by atoms with E-state index in [1.807, 2.05) is 30.3 Å². The van der Waals surface area contributed by atoms with Crippen LogP contribution >= 0.6 is 0 Å². The van der Waals surface area contributed by atoms with Crippen LogP contribution in [0.5, 0.6) is 5.75 Å². The highest BCUT2D eigenvalue weighted by Crippen LogP contribution is 2.24. The Bertz CT molecular complexity index is 1200. The van der Waals surface area contributed by atoms with Crippen LogP contribution in [0.15, 0.2) is 78.0 Å². The van der Waals surface area contributed by atoms with E-state index in [4.69, 9.17) is 4.74 Å².